The Balaban J connectivity index is 4.31. The first kappa shape index (κ1) is 14.1. The Hall–Kier alpha value is -0.900. The molecular weight excluding hydrogens is 217 g/mol. The van der Waals surface area contributed by atoms with Crippen molar-refractivity contribution in [1.29, 1.82) is 0 Å². The summed E-state index contributed by atoms with van der Waals surface area (Å²) in [6.07, 6.45) is 4.30. The maximum absolute atomic E-state index is 11.3. The van der Waals surface area contributed by atoms with E-state index < -0.39 is 7.60 Å². The first-order valence-corrected chi connectivity index (χ1v) is 6.27. The average molecular weight is 233 g/mol. The second-order valence-electron chi connectivity index (χ2n) is 2.95. The zero-order valence-electron chi connectivity index (χ0n) is 8.67. The van der Waals surface area contributed by atoms with Crippen molar-refractivity contribution in [3.63, 3.8) is 0 Å². The largest absolute Gasteiger partial charge is 0.335 e. The lowest BCUT2D eigenvalue weighted by atomic mass is 10.4. The molecule has 0 radical (unpaired) electrons. The van der Waals surface area contributed by atoms with E-state index >= 15 is 0 Å². The highest BCUT2D eigenvalue weighted by Gasteiger charge is 2.16. The molecule has 6 heteroatoms. The lowest BCUT2D eigenvalue weighted by Gasteiger charge is -2.19. The number of nitrogens with zero attached hydrogens (tertiary/aromatic N) is 1. The van der Waals surface area contributed by atoms with Gasteiger partial charge in [0.15, 0.2) is 0 Å². The number of rotatable bonds is 6. The minimum absolute atomic E-state index is 0.0273. The van der Waals surface area contributed by atoms with Gasteiger partial charge in [-0.2, -0.15) is 0 Å². The minimum Gasteiger partial charge on any atom is -0.335 e. The fourth-order valence-electron chi connectivity index (χ4n) is 0.904. The van der Waals surface area contributed by atoms with Crippen LogP contribution in [-0.2, 0) is 9.36 Å². The molecule has 0 atom stereocenters. The molecule has 0 aliphatic heterocycles. The normalized spacial score (nSPS) is 11.7. The van der Waals surface area contributed by atoms with Gasteiger partial charge in [-0.25, -0.2) is 0 Å². The lowest BCUT2D eigenvalue weighted by Crippen LogP contribution is -2.32. The molecule has 0 bridgehead atoms. The molecule has 0 spiro atoms. The molecule has 0 aromatic carbocycles. The number of carbonyl (C=O) groups excluding carboxylic acids is 1. The van der Waals surface area contributed by atoms with Crippen molar-refractivity contribution in [2.75, 3.05) is 19.3 Å². The highest BCUT2D eigenvalue weighted by molar-refractivity contribution is 7.51. The van der Waals surface area contributed by atoms with Gasteiger partial charge in [-0.3, -0.25) is 9.36 Å². The van der Waals surface area contributed by atoms with Crippen LogP contribution in [0.25, 0.3) is 0 Å². The molecule has 0 saturated heterocycles. The van der Waals surface area contributed by atoms with Crippen molar-refractivity contribution >= 4 is 13.5 Å². The van der Waals surface area contributed by atoms with Crippen molar-refractivity contribution in [2.45, 2.75) is 6.92 Å². The molecule has 0 aromatic rings. The van der Waals surface area contributed by atoms with Crippen LogP contribution in [0.15, 0.2) is 24.8 Å². The number of carbonyl (C=O) groups is 1. The summed E-state index contributed by atoms with van der Waals surface area (Å²) >= 11 is 0. The third kappa shape index (κ3) is 7.08. The van der Waals surface area contributed by atoms with Crippen LogP contribution in [0.5, 0.6) is 0 Å². The number of hydrogen-bond acceptors (Lipinski definition) is 2. The van der Waals surface area contributed by atoms with Crippen LogP contribution in [0.3, 0.4) is 0 Å². The molecule has 0 saturated carbocycles. The van der Waals surface area contributed by atoms with Gasteiger partial charge in [0.05, 0.1) is 6.16 Å². The molecule has 0 rings (SSSR count). The zero-order valence-corrected chi connectivity index (χ0v) is 9.56. The smallest absolute Gasteiger partial charge is 0.327 e. The van der Waals surface area contributed by atoms with Gasteiger partial charge in [0.1, 0.15) is 0 Å². The monoisotopic (exact) mass is 233 g/mol. The predicted molar refractivity (Wildman–Crippen MR) is 58.5 cm³/mol. The molecule has 0 unspecified atom stereocenters. The first-order valence-electron chi connectivity index (χ1n) is 4.47. The molecule has 86 valence electrons. The Morgan fingerprint density at radius 2 is 2.13 bits per heavy atom. The molecule has 15 heavy (non-hydrogen) atoms. The van der Waals surface area contributed by atoms with Crippen LogP contribution >= 0.6 is 7.60 Å². The Morgan fingerprint density at radius 3 is 2.53 bits per heavy atom. The van der Waals surface area contributed by atoms with E-state index in [1.807, 2.05) is 0 Å². The van der Waals surface area contributed by atoms with E-state index in [9.17, 15) is 9.36 Å². The highest BCUT2D eigenvalue weighted by atomic mass is 31.2. The third-order valence-electron chi connectivity index (χ3n) is 1.71. The standard InChI is InChI=1S/C9H16NO4P/c1-3-5-6-10(9(11)4-2)7-8-15(12,13)14/h3-5H,2,6-8H2,1H3,(H2,12,13,14)/b5-3+. The Morgan fingerprint density at radius 1 is 1.53 bits per heavy atom. The van der Waals surface area contributed by atoms with Gasteiger partial charge >= 0.3 is 7.60 Å². The van der Waals surface area contributed by atoms with Crippen molar-refractivity contribution < 1.29 is 19.1 Å². The highest BCUT2D eigenvalue weighted by Crippen LogP contribution is 2.33. The van der Waals surface area contributed by atoms with E-state index in [-0.39, 0.29) is 18.6 Å². The summed E-state index contributed by atoms with van der Waals surface area (Å²) < 4.78 is 10.6. The number of hydrogen-bond donors (Lipinski definition) is 2. The van der Waals surface area contributed by atoms with Crippen LogP contribution in [0.2, 0.25) is 0 Å². The van der Waals surface area contributed by atoms with Crippen LogP contribution in [0, 0.1) is 0 Å². The molecule has 0 fully saturated rings. The van der Waals surface area contributed by atoms with E-state index in [1.54, 1.807) is 19.1 Å². The van der Waals surface area contributed by atoms with E-state index in [4.69, 9.17) is 9.79 Å². The Labute approximate surface area is 89.3 Å². The van der Waals surface area contributed by atoms with E-state index in [0.29, 0.717) is 6.54 Å². The lowest BCUT2D eigenvalue weighted by molar-refractivity contribution is -0.125. The van der Waals surface area contributed by atoms with Gasteiger partial charge in [-0.1, -0.05) is 18.7 Å². The molecule has 2 N–H and O–H groups in total. The number of amides is 1. The van der Waals surface area contributed by atoms with Gasteiger partial charge in [0, 0.05) is 13.1 Å². The fourth-order valence-corrected chi connectivity index (χ4v) is 1.41. The Kier molecular flexibility index (Phi) is 6.17. The van der Waals surface area contributed by atoms with Gasteiger partial charge < -0.3 is 14.7 Å². The predicted octanol–water partition coefficient (Wildman–Crippen LogP) is 0.755. The van der Waals surface area contributed by atoms with E-state index in [2.05, 4.69) is 6.58 Å². The third-order valence-corrected chi connectivity index (χ3v) is 2.49. The van der Waals surface area contributed by atoms with Gasteiger partial charge in [0.2, 0.25) is 5.91 Å². The minimum atomic E-state index is -4.05. The fraction of sp³-hybridized carbons (Fsp3) is 0.444. The first-order chi connectivity index (χ1) is 6.90. The zero-order chi connectivity index (χ0) is 11.9. The van der Waals surface area contributed by atoms with Crippen molar-refractivity contribution in [3.05, 3.63) is 24.8 Å². The van der Waals surface area contributed by atoms with Crippen molar-refractivity contribution in [3.8, 4) is 0 Å². The average Bonchev–Trinajstić information content (AvgIpc) is 2.15. The van der Waals surface area contributed by atoms with Gasteiger partial charge in [0.25, 0.3) is 0 Å². The summed E-state index contributed by atoms with van der Waals surface area (Å²) in [5.41, 5.74) is 0. The van der Waals surface area contributed by atoms with Crippen LogP contribution < -0.4 is 0 Å². The molecule has 0 aliphatic rings. The quantitative estimate of drug-likeness (QED) is 0.403. The summed E-state index contributed by atoms with van der Waals surface area (Å²) in [5.74, 6) is -0.332. The number of allylic oxidation sites excluding steroid dienone is 1. The van der Waals surface area contributed by atoms with E-state index in [0.717, 1.165) is 6.08 Å². The van der Waals surface area contributed by atoms with Crippen molar-refractivity contribution in [1.82, 2.24) is 4.90 Å². The van der Waals surface area contributed by atoms with Crippen LogP contribution in [-0.4, -0.2) is 39.8 Å². The SMILES string of the molecule is C=CC(=O)N(C/C=C/C)CCP(=O)(O)O. The summed E-state index contributed by atoms with van der Waals surface area (Å²) in [5, 5.41) is 0. The molecule has 0 aromatic heterocycles. The Bertz CT molecular complexity index is 294. The summed E-state index contributed by atoms with van der Waals surface area (Å²) in [4.78, 5) is 29.9. The summed E-state index contributed by atoms with van der Waals surface area (Å²) in [6.45, 7) is 5.49. The summed E-state index contributed by atoms with van der Waals surface area (Å²) in [6, 6.07) is 0. The molecule has 0 heterocycles. The maximum atomic E-state index is 11.3. The molecule has 1 amide bonds. The summed E-state index contributed by atoms with van der Waals surface area (Å²) in [7, 11) is -4.05. The van der Waals surface area contributed by atoms with Gasteiger partial charge in [-0.05, 0) is 13.0 Å². The molecular formula is C9H16NO4P. The maximum Gasteiger partial charge on any atom is 0.327 e. The molecule has 5 nitrogen and oxygen atoms in total. The van der Waals surface area contributed by atoms with Crippen molar-refractivity contribution in [2.24, 2.45) is 0 Å². The second kappa shape index (κ2) is 6.56. The molecule has 0 aliphatic carbocycles. The van der Waals surface area contributed by atoms with E-state index in [1.165, 1.54) is 4.90 Å². The van der Waals surface area contributed by atoms with Gasteiger partial charge in [-0.15, -0.1) is 0 Å². The second-order valence-corrected chi connectivity index (χ2v) is 4.72. The van der Waals surface area contributed by atoms with Crippen LogP contribution in [0.4, 0.5) is 0 Å². The topological polar surface area (TPSA) is 77.8 Å². The van der Waals surface area contributed by atoms with Crippen LogP contribution in [0.1, 0.15) is 6.92 Å².